The summed E-state index contributed by atoms with van der Waals surface area (Å²) in [5, 5.41) is 6.30. The number of nitrogens with one attached hydrogen (secondary N) is 2. The second-order valence-electron chi connectivity index (χ2n) is 6.83. The first-order chi connectivity index (χ1) is 12.5. The predicted molar refractivity (Wildman–Crippen MR) is 111 cm³/mol. The van der Waals surface area contributed by atoms with E-state index in [1.165, 1.54) is 0 Å². The zero-order valence-electron chi connectivity index (χ0n) is 15.9. The van der Waals surface area contributed by atoms with Crippen molar-refractivity contribution in [2.75, 3.05) is 18.4 Å². The largest absolute Gasteiger partial charge is 0.333 e. The number of carbonyl (C=O) groups excluding carboxylic acids is 2. The molecule has 1 fully saturated rings. The molecule has 2 aromatic rings. The van der Waals surface area contributed by atoms with E-state index in [4.69, 9.17) is 0 Å². The summed E-state index contributed by atoms with van der Waals surface area (Å²) in [5.74, 6) is -0.177. The van der Waals surface area contributed by atoms with Gasteiger partial charge in [-0.2, -0.15) is 0 Å². The van der Waals surface area contributed by atoms with Crippen molar-refractivity contribution >= 4 is 29.9 Å². The number of hydrogen-bond acceptors (Lipinski definition) is 3. The van der Waals surface area contributed by atoms with E-state index in [0.717, 1.165) is 12.1 Å². The van der Waals surface area contributed by atoms with Crippen molar-refractivity contribution in [2.45, 2.75) is 32.9 Å². The fourth-order valence-electron chi connectivity index (χ4n) is 3.18. The average Bonchev–Trinajstić information content (AvgIpc) is 2.66. The molecule has 0 radical (unpaired) electrons. The molecule has 2 atom stereocenters. The highest BCUT2D eigenvalue weighted by Crippen LogP contribution is 2.21. The van der Waals surface area contributed by atoms with Crippen molar-refractivity contribution in [1.82, 2.24) is 10.2 Å². The Morgan fingerprint density at radius 2 is 1.78 bits per heavy atom. The molecular weight excluding hydrogens is 362 g/mol. The SMILES string of the molecule is Cc1ccc(C(=O)N2CCNC(C)C2C)cc1NC(=O)c1ccccc1.Cl. The van der Waals surface area contributed by atoms with E-state index in [1.54, 1.807) is 18.2 Å². The number of nitrogens with zero attached hydrogens (tertiary/aromatic N) is 1. The standard InChI is InChI=1S/C21H25N3O2.ClH/c1-14-9-10-18(21(26)24-12-11-22-15(2)16(24)3)13-19(14)23-20(25)17-7-5-4-6-8-17;/h4-10,13,15-16,22H,11-12H2,1-3H3,(H,23,25);1H. The molecule has 0 aromatic heterocycles. The minimum atomic E-state index is -0.178. The number of carbonyl (C=O) groups is 2. The first kappa shape index (κ1) is 20.9. The van der Waals surface area contributed by atoms with E-state index < -0.39 is 0 Å². The molecule has 0 bridgehead atoms. The van der Waals surface area contributed by atoms with Crippen LogP contribution < -0.4 is 10.6 Å². The Hall–Kier alpha value is -2.37. The first-order valence-electron chi connectivity index (χ1n) is 8.99. The van der Waals surface area contributed by atoms with Crippen LogP contribution in [0.15, 0.2) is 48.5 Å². The summed E-state index contributed by atoms with van der Waals surface area (Å²) in [7, 11) is 0. The molecule has 3 rings (SSSR count). The maximum Gasteiger partial charge on any atom is 0.255 e. The van der Waals surface area contributed by atoms with E-state index in [9.17, 15) is 9.59 Å². The smallest absolute Gasteiger partial charge is 0.255 e. The minimum Gasteiger partial charge on any atom is -0.333 e. The highest BCUT2D eigenvalue weighted by molar-refractivity contribution is 6.05. The summed E-state index contributed by atoms with van der Waals surface area (Å²) in [6.07, 6.45) is 0. The van der Waals surface area contributed by atoms with Crippen molar-refractivity contribution in [1.29, 1.82) is 0 Å². The fraction of sp³-hybridized carbons (Fsp3) is 0.333. The first-order valence-corrected chi connectivity index (χ1v) is 8.99. The molecule has 0 aliphatic carbocycles. The van der Waals surface area contributed by atoms with Gasteiger partial charge in [0.05, 0.1) is 0 Å². The van der Waals surface area contributed by atoms with Crippen LogP contribution in [0.25, 0.3) is 0 Å². The molecule has 1 saturated heterocycles. The molecule has 1 aliphatic rings. The summed E-state index contributed by atoms with van der Waals surface area (Å²) in [6, 6.07) is 14.9. The van der Waals surface area contributed by atoms with Crippen LogP contribution >= 0.6 is 12.4 Å². The normalized spacial score (nSPS) is 19.1. The third-order valence-electron chi connectivity index (χ3n) is 5.06. The number of benzene rings is 2. The Balaban J connectivity index is 0.00000261. The molecule has 2 N–H and O–H groups in total. The van der Waals surface area contributed by atoms with Crippen LogP contribution in [0.2, 0.25) is 0 Å². The van der Waals surface area contributed by atoms with Gasteiger partial charge in [-0.1, -0.05) is 24.3 Å². The highest BCUT2D eigenvalue weighted by Gasteiger charge is 2.29. The quantitative estimate of drug-likeness (QED) is 0.847. The lowest BCUT2D eigenvalue weighted by Gasteiger charge is -2.38. The number of piperazine rings is 1. The summed E-state index contributed by atoms with van der Waals surface area (Å²) < 4.78 is 0. The van der Waals surface area contributed by atoms with Gasteiger partial charge in [0.2, 0.25) is 0 Å². The monoisotopic (exact) mass is 387 g/mol. The van der Waals surface area contributed by atoms with Crippen LogP contribution in [0.4, 0.5) is 5.69 Å². The second kappa shape index (κ2) is 9.02. The Morgan fingerprint density at radius 3 is 2.48 bits per heavy atom. The third kappa shape index (κ3) is 4.67. The van der Waals surface area contributed by atoms with Crippen LogP contribution in [-0.2, 0) is 0 Å². The molecule has 5 nitrogen and oxygen atoms in total. The van der Waals surface area contributed by atoms with Crippen molar-refractivity contribution in [3.05, 3.63) is 65.2 Å². The van der Waals surface area contributed by atoms with Gasteiger partial charge in [-0.25, -0.2) is 0 Å². The van der Waals surface area contributed by atoms with Gasteiger partial charge in [0.1, 0.15) is 0 Å². The number of halogens is 1. The van der Waals surface area contributed by atoms with Gasteiger partial charge in [0.25, 0.3) is 11.8 Å². The van der Waals surface area contributed by atoms with Crippen LogP contribution in [0.1, 0.15) is 40.1 Å². The number of rotatable bonds is 3. The van der Waals surface area contributed by atoms with Crippen LogP contribution in [0.5, 0.6) is 0 Å². The molecule has 2 aromatic carbocycles. The van der Waals surface area contributed by atoms with E-state index in [-0.39, 0.29) is 36.3 Å². The molecule has 2 amide bonds. The van der Waals surface area contributed by atoms with Crippen molar-refractivity contribution < 1.29 is 9.59 Å². The number of anilines is 1. The molecule has 0 saturated carbocycles. The Morgan fingerprint density at radius 1 is 1.07 bits per heavy atom. The topological polar surface area (TPSA) is 61.4 Å². The zero-order chi connectivity index (χ0) is 18.7. The second-order valence-corrected chi connectivity index (χ2v) is 6.83. The predicted octanol–water partition coefficient (Wildman–Crippen LogP) is 3.49. The average molecular weight is 388 g/mol. The molecular formula is C21H26ClN3O2. The lowest BCUT2D eigenvalue weighted by molar-refractivity contribution is 0.0603. The Bertz CT molecular complexity index is 810. The van der Waals surface area contributed by atoms with Crippen LogP contribution in [0, 0.1) is 6.92 Å². The van der Waals surface area contributed by atoms with Crippen molar-refractivity contribution in [3.8, 4) is 0 Å². The molecule has 1 aliphatic heterocycles. The summed E-state index contributed by atoms with van der Waals surface area (Å²) in [6.45, 7) is 7.54. The van der Waals surface area contributed by atoms with Gasteiger partial charge in [-0.05, 0) is 50.6 Å². The van der Waals surface area contributed by atoms with Crippen molar-refractivity contribution in [2.24, 2.45) is 0 Å². The van der Waals surface area contributed by atoms with E-state index in [2.05, 4.69) is 24.5 Å². The van der Waals surface area contributed by atoms with Gasteiger partial charge in [-0.15, -0.1) is 12.4 Å². The Labute approximate surface area is 166 Å². The van der Waals surface area contributed by atoms with Crippen molar-refractivity contribution in [3.63, 3.8) is 0 Å². The lowest BCUT2D eigenvalue weighted by Crippen LogP contribution is -2.57. The van der Waals surface area contributed by atoms with Gasteiger partial charge in [0, 0.05) is 42.0 Å². The summed E-state index contributed by atoms with van der Waals surface area (Å²) in [4.78, 5) is 27.3. The third-order valence-corrected chi connectivity index (χ3v) is 5.06. The highest BCUT2D eigenvalue weighted by atomic mass is 35.5. The summed E-state index contributed by atoms with van der Waals surface area (Å²) >= 11 is 0. The molecule has 0 spiro atoms. The number of hydrogen-bond donors (Lipinski definition) is 2. The molecule has 2 unspecified atom stereocenters. The Kier molecular flexibility index (Phi) is 6.99. The summed E-state index contributed by atoms with van der Waals surface area (Å²) in [5.41, 5.74) is 2.78. The van der Waals surface area contributed by atoms with E-state index in [0.29, 0.717) is 23.4 Å². The number of aryl methyl sites for hydroxylation is 1. The number of amides is 2. The maximum absolute atomic E-state index is 13.0. The molecule has 144 valence electrons. The molecule has 27 heavy (non-hydrogen) atoms. The van der Waals surface area contributed by atoms with Crippen LogP contribution in [-0.4, -0.2) is 41.9 Å². The fourth-order valence-corrected chi connectivity index (χ4v) is 3.18. The van der Waals surface area contributed by atoms with Gasteiger partial charge in [0.15, 0.2) is 0 Å². The van der Waals surface area contributed by atoms with Crippen LogP contribution in [0.3, 0.4) is 0 Å². The minimum absolute atomic E-state index is 0. The lowest BCUT2D eigenvalue weighted by atomic mass is 10.0. The molecule has 1 heterocycles. The maximum atomic E-state index is 13.0. The van der Waals surface area contributed by atoms with E-state index >= 15 is 0 Å². The van der Waals surface area contributed by atoms with Gasteiger partial charge in [-0.3, -0.25) is 9.59 Å². The van der Waals surface area contributed by atoms with Gasteiger partial charge >= 0.3 is 0 Å². The van der Waals surface area contributed by atoms with E-state index in [1.807, 2.05) is 42.2 Å². The zero-order valence-corrected chi connectivity index (χ0v) is 16.7. The van der Waals surface area contributed by atoms with Gasteiger partial charge < -0.3 is 15.5 Å². The molecule has 6 heteroatoms.